The van der Waals surface area contributed by atoms with Crippen LogP contribution >= 0.6 is 0 Å². The Morgan fingerprint density at radius 2 is 0.568 bits per heavy atom. The molecule has 7 aliphatic carbocycles. The van der Waals surface area contributed by atoms with Gasteiger partial charge in [-0.2, -0.15) is 0 Å². The standard InChI is InChI=1S/C42H74N2/c43-40-36(30-16-6-1-7-17-30)26-34(27-37(40)31-18-8-2-9-19-31)42(24-14-5-15-25-42)35-28-38(32-20-10-3-11-21-32)41(44)39(29-35)33-22-12-4-13-23-33/h30-41H,1-29,43-44H2. The molecule has 7 aliphatic rings. The Kier molecular flexibility index (Phi) is 11.1. The fourth-order valence-electron chi connectivity index (χ4n) is 14.3. The van der Waals surface area contributed by atoms with Crippen LogP contribution in [0.15, 0.2) is 0 Å². The number of nitrogens with two attached hydrogens (primary N) is 2. The first-order valence-corrected chi connectivity index (χ1v) is 21.1. The zero-order valence-corrected chi connectivity index (χ0v) is 29.1. The number of hydrogen-bond acceptors (Lipinski definition) is 2. The van der Waals surface area contributed by atoms with Crippen molar-refractivity contribution in [2.75, 3.05) is 0 Å². The second-order valence-electron chi connectivity index (χ2n) is 18.5. The van der Waals surface area contributed by atoms with Gasteiger partial charge in [-0.3, -0.25) is 0 Å². The Bertz CT molecular complexity index is 733. The van der Waals surface area contributed by atoms with Gasteiger partial charge in [0.15, 0.2) is 0 Å². The largest absolute Gasteiger partial charge is 0.327 e. The lowest BCUT2D eigenvalue weighted by Gasteiger charge is -2.60. The van der Waals surface area contributed by atoms with Gasteiger partial charge in [0.05, 0.1) is 0 Å². The maximum absolute atomic E-state index is 7.54. The average molecular weight is 607 g/mol. The van der Waals surface area contributed by atoms with Crippen molar-refractivity contribution in [3.05, 3.63) is 0 Å². The molecule has 7 rings (SSSR count). The molecule has 4 N–H and O–H groups in total. The van der Waals surface area contributed by atoms with E-state index < -0.39 is 0 Å². The fraction of sp³-hybridized carbons (Fsp3) is 1.00. The molecule has 7 saturated carbocycles. The van der Waals surface area contributed by atoms with Crippen molar-refractivity contribution in [1.82, 2.24) is 0 Å². The summed E-state index contributed by atoms with van der Waals surface area (Å²) in [6.07, 6.45) is 43.2. The maximum Gasteiger partial charge on any atom is 0.0101 e. The van der Waals surface area contributed by atoms with Gasteiger partial charge in [0, 0.05) is 12.1 Å². The van der Waals surface area contributed by atoms with E-state index in [1.807, 2.05) is 0 Å². The van der Waals surface area contributed by atoms with Crippen LogP contribution in [-0.2, 0) is 0 Å². The van der Waals surface area contributed by atoms with Gasteiger partial charge in [0.2, 0.25) is 0 Å². The molecule has 0 heterocycles. The summed E-state index contributed by atoms with van der Waals surface area (Å²) in [5.41, 5.74) is 15.7. The molecular formula is C42H74N2. The van der Waals surface area contributed by atoms with Crippen LogP contribution in [0.1, 0.15) is 186 Å². The molecule has 7 fully saturated rings. The molecule has 252 valence electrons. The lowest BCUT2D eigenvalue weighted by molar-refractivity contribution is -0.0878. The van der Waals surface area contributed by atoms with Crippen molar-refractivity contribution in [3.63, 3.8) is 0 Å². The van der Waals surface area contributed by atoms with Crippen LogP contribution in [-0.4, -0.2) is 12.1 Å². The first-order chi connectivity index (χ1) is 21.6. The fourth-order valence-corrected chi connectivity index (χ4v) is 14.3. The summed E-state index contributed by atoms with van der Waals surface area (Å²) in [5, 5.41) is 0. The van der Waals surface area contributed by atoms with E-state index in [1.165, 1.54) is 173 Å². The van der Waals surface area contributed by atoms with E-state index >= 15 is 0 Å². The van der Waals surface area contributed by atoms with Gasteiger partial charge in [0.1, 0.15) is 0 Å². The van der Waals surface area contributed by atoms with Crippen LogP contribution in [0.4, 0.5) is 0 Å². The lowest BCUT2D eigenvalue weighted by atomic mass is 9.46. The molecule has 0 aromatic rings. The Balaban J connectivity index is 1.21. The highest BCUT2D eigenvalue weighted by Crippen LogP contribution is 2.62. The molecule has 0 amide bonds. The first kappa shape index (κ1) is 32.5. The molecule has 4 unspecified atom stereocenters. The summed E-state index contributed by atoms with van der Waals surface area (Å²) < 4.78 is 0. The molecule has 44 heavy (non-hydrogen) atoms. The predicted octanol–water partition coefficient (Wildman–Crippen LogP) is 11.2. The van der Waals surface area contributed by atoms with Gasteiger partial charge in [-0.05, 0) is 103 Å². The zero-order valence-electron chi connectivity index (χ0n) is 29.1. The van der Waals surface area contributed by atoms with E-state index in [0.717, 1.165) is 59.2 Å². The summed E-state index contributed by atoms with van der Waals surface area (Å²) in [4.78, 5) is 0. The minimum Gasteiger partial charge on any atom is -0.327 e. The van der Waals surface area contributed by atoms with Crippen molar-refractivity contribution < 1.29 is 0 Å². The molecule has 0 spiro atoms. The van der Waals surface area contributed by atoms with Crippen LogP contribution in [0.2, 0.25) is 0 Å². The number of rotatable bonds is 6. The van der Waals surface area contributed by atoms with E-state index in [4.69, 9.17) is 11.5 Å². The van der Waals surface area contributed by atoms with E-state index in [0.29, 0.717) is 17.5 Å². The van der Waals surface area contributed by atoms with Crippen molar-refractivity contribution in [3.8, 4) is 0 Å². The van der Waals surface area contributed by atoms with Gasteiger partial charge < -0.3 is 11.5 Å². The summed E-state index contributed by atoms with van der Waals surface area (Å²) in [6, 6.07) is 0.977. The van der Waals surface area contributed by atoms with Crippen molar-refractivity contribution in [2.45, 2.75) is 198 Å². The summed E-state index contributed by atoms with van der Waals surface area (Å²) in [6.45, 7) is 0. The Morgan fingerprint density at radius 3 is 0.841 bits per heavy atom. The summed E-state index contributed by atoms with van der Waals surface area (Å²) in [5.74, 6) is 8.86. The average Bonchev–Trinajstić information content (AvgIpc) is 3.10. The highest BCUT2D eigenvalue weighted by atomic mass is 14.8. The molecule has 0 aromatic carbocycles. The summed E-state index contributed by atoms with van der Waals surface area (Å²) in [7, 11) is 0. The maximum atomic E-state index is 7.54. The molecule has 2 nitrogen and oxygen atoms in total. The van der Waals surface area contributed by atoms with Crippen molar-refractivity contribution in [1.29, 1.82) is 0 Å². The molecule has 0 radical (unpaired) electrons. The molecule has 2 heteroatoms. The molecule has 4 atom stereocenters. The van der Waals surface area contributed by atoms with Crippen LogP contribution in [0, 0.1) is 64.6 Å². The highest BCUT2D eigenvalue weighted by molar-refractivity contribution is 5.07. The topological polar surface area (TPSA) is 52.0 Å². The second kappa shape index (κ2) is 15.0. The van der Waals surface area contributed by atoms with Gasteiger partial charge in [-0.1, -0.05) is 148 Å². The predicted molar refractivity (Wildman–Crippen MR) is 187 cm³/mol. The molecule has 0 aromatic heterocycles. The quantitative estimate of drug-likeness (QED) is 0.316. The first-order valence-electron chi connectivity index (χ1n) is 21.1. The van der Waals surface area contributed by atoms with Crippen LogP contribution in [0.5, 0.6) is 0 Å². The zero-order chi connectivity index (χ0) is 29.9. The number of hydrogen-bond donors (Lipinski definition) is 2. The normalized spacial score (nSPS) is 42.7. The van der Waals surface area contributed by atoms with Crippen molar-refractivity contribution in [2.24, 2.45) is 76.1 Å². The lowest BCUT2D eigenvalue weighted by Crippen LogP contribution is -2.57. The van der Waals surface area contributed by atoms with Crippen LogP contribution < -0.4 is 11.5 Å². The third kappa shape index (κ3) is 6.76. The SMILES string of the molecule is NC1C(C2CCCCC2)CC(C2(C3CC(C4CCCCC4)C(N)C(C4CCCCC4)C3)CCCCC2)CC1C1CCCCC1. The van der Waals surface area contributed by atoms with Crippen LogP contribution in [0.25, 0.3) is 0 Å². The Morgan fingerprint density at radius 1 is 0.318 bits per heavy atom. The van der Waals surface area contributed by atoms with Gasteiger partial charge in [-0.25, -0.2) is 0 Å². The van der Waals surface area contributed by atoms with E-state index in [2.05, 4.69) is 0 Å². The molecule has 0 saturated heterocycles. The third-order valence-electron chi connectivity index (χ3n) is 16.6. The van der Waals surface area contributed by atoms with Gasteiger partial charge >= 0.3 is 0 Å². The summed E-state index contributed by atoms with van der Waals surface area (Å²) >= 11 is 0. The third-order valence-corrected chi connectivity index (χ3v) is 16.6. The van der Waals surface area contributed by atoms with Crippen LogP contribution in [0.3, 0.4) is 0 Å². The van der Waals surface area contributed by atoms with Gasteiger partial charge in [-0.15, -0.1) is 0 Å². The minimum absolute atomic E-state index is 0.489. The second-order valence-corrected chi connectivity index (χ2v) is 18.5. The Labute approximate surface area is 273 Å². The van der Waals surface area contributed by atoms with Crippen molar-refractivity contribution >= 4 is 0 Å². The van der Waals surface area contributed by atoms with E-state index in [1.54, 1.807) is 12.8 Å². The smallest absolute Gasteiger partial charge is 0.0101 e. The highest BCUT2D eigenvalue weighted by Gasteiger charge is 2.55. The molecule has 0 aliphatic heterocycles. The Hall–Kier alpha value is -0.0800. The molecule has 0 bridgehead atoms. The minimum atomic E-state index is 0.489. The molecular weight excluding hydrogens is 532 g/mol. The van der Waals surface area contributed by atoms with E-state index in [9.17, 15) is 0 Å². The monoisotopic (exact) mass is 607 g/mol. The van der Waals surface area contributed by atoms with Gasteiger partial charge in [0.25, 0.3) is 0 Å². The van der Waals surface area contributed by atoms with E-state index in [-0.39, 0.29) is 0 Å².